The summed E-state index contributed by atoms with van der Waals surface area (Å²) in [5.41, 5.74) is 2.41. The minimum absolute atomic E-state index is 0.0854. The third-order valence-corrected chi connectivity index (χ3v) is 3.26. The lowest BCUT2D eigenvalue weighted by molar-refractivity contribution is 0.128. The number of hydrogen-bond donors (Lipinski definition) is 3. The Hall–Kier alpha value is -1.16. The fourth-order valence-electron chi connectivity index (χ4n) is 1.89. The predicted octanol–water partition coefficient (Wildman–Crippen LogP) is 1.98. The summed E-state index contributed by atoms with van der Waals surface area (Å²) in [6.45, 7) is 2.11. The summed E-state index contributed by atoms with van der Waals surface area (Å²) in [5, 5.41) is 21.8. The molecule has 1 rings (SSSR count). The summed E-state index contributed by atoms with van der Waals surface area (Å²) in [6, 6.07) is 8.05. The number of aliphatic hydroxyl groups is 2. The van der Waals surface area contributed by atoms with Gasteiger partial charge in [-0.3, -0.25) is 0 Å². The molecule has 0 aliphatic heterocycles. The molecule has 106 valence electrons. The van der Waals surface area contributed by atoms with Crippen molar-refractivity contribution in [1.29, 1.82) is 0 Å². The fraction of sp³-hybridized carbons (Fsp3) is 0.500. The van der Waals surface area contributed by atoms with E-state index in [0.717, 1.165) is 12.0 Å². The number of nitrogens with one attached hydrogen (secondary N) is 1. The summed E-state index contributed by atoms with van der Waals surface area (Å²) in [4.78, 5) is 0. The number of benzene rings is 1. The summed E-state index contributed by atoms with van der Waals surface area (Å²) in [7, 11) is 1.72. The van der Waals surface area contributed by atoms with Gasteiger partial charge in [-0.05, 0) is 31.0 Å². The first kappa shape index (κ1) is 15.9. The molecule has 2 atom stereocenters. The number of aliphatic hydroxyl groups excluding tert-OH is 2. The molecule has 0 aliphatic carbocycles. The van der Waals surface area contributed by atoms with Crippen LogP contribution >= 0.6 is 0 Å². The monoisotopic (exact) mass is 263 g/mol. The molecule has 0 saturated heterocycles. The van der Waals surface area contributed by atoms with E-state index in [1.807, 2.05) is 6.08 Å². The molecule has 0 saturated carbocycles. The Morgan fingerprint density at radius 2 is 1.95 bits per heavy atom. The Morgan fingerprint density at radius 3 is 2.47 bits per heavy atom. The maximum Gasteiger partial charge on any atom is 0.0899 e. The average molecular weight is 263 g/mol. The van der Waals surface area contributed by atoms with Gasteiger partial charge in [0.15, 0.2) is 0 Å². The lowest BCUT2D eigenvalue weighted by atomic mass is 10.1. The number of rotatable bonds is 8. The molecular formula is C16H25NO2. The van der Waals surface area contributed by atoms with E-state index in [4.69, 9.17) is 5.11 Å². The highest BCUT2D eigenvalue weighted by molar-refractivity contribution is 5.50. The van der Waals surface area contributed by atoms with Crippen molar-refractivity contribution in [1.82, 2.24) is 5.32 Å². The second kappa shape index (κ2) is 8.86. The molecule has 1 aromatic rings. The Labute approximate surface area is 116 Å². The van der Waals surface area contributed by atoms with E-state index in [9.17, 15) is 5.11 Å². The van der Waals surface area contributed by atoms with Crippen LogP contribution in [-0.4, -0.2) is 36.0 Å². The second-order valence-corrected chi connectivity index (χ2v) is 4.77. The molecule has 19 heavy (non-hydrogen) atoms. The maximum atomic E-state index is 9.83. The molecule has 3 nitrogen and oxygen atoms in total. The van der Waals surface area contributed by atoms with Gasteiger partial charge in [0.05, 0.1) is 18.8 Å². The van der Waals surface area contributed by atoms with Gasteiger partial charge in [-0.2, -0.15) is 0 Å². The van der Waals surface area contributed by atoms with Gasteiger partial charge in [-0.1, -0.05) is 49.8 Å². The van der Waals surface area contributed by atoms with Crippen LogP contribution in [0.15, 0.2) is 30.3 Å². The molecule has 0 aliphatic rings. The van der Waals surface area contributed by atoms with E-state index in [1.54, 1.807) is 13.1 Å². The summed E-state index contributed by atoms with van der Waals surface area (Å²) in [5.74, 6) is 0. The summed E-state index contributed by atoms with van der Waals surface area (Å²) >= 11 is 0. The molecule has 0 bridgehead atoms. The van der Waals surface area contributed by atoms with Crippen LogP contribution in [0.3, 0.4) is 0 Å². The zero-order chi connectivity index (χ0) is 14.1. The molecule has 0 spiro atoms. The van der Waals surface area contributed by atoms with Crippen molar-refractivity contribution in [3.05, 3.63) is 41.5 Å². The maximum absolute atomic E-state index is 9.83. The van der Waals surface area contributed by atoms with Crippen LogP contribution in [0, 0.1) is 0 Å². The van der Waals surface area contributed by atoms with E-state index in [-0.39, 0.29) is 12.6 Å². The topological polar surface area (TPSA) is 52.5 Å². The first-order valence-electron chi connectivity index (χ1n) is 6.94. The molecule has 0 aromatic heterocycles. The lowest BCUT2D eigenvalue weighted by Gasteiger charge is -2.16. The van der Waals surface area contributed by atoms with Gasteiger partial charge < -0.3 is 15.5 Å². The Kier molecular flexibility index (Phi) is 7.41. The molecule has 0 amide bonds. The number of unbranched alkanes of at least 4 members (excludes halogenated alkanes) is 1. The lowest BCUT2D eigenvalue weighted by Crippen LogP contribution is -2.39. The third-order valence-electron chi connectivity index (χ3n) is 3.26. The highest BCUT2D eigenvalue weighted by atomic mass is 16.3. The quantitative estimate of drug-likeness (QED) is 0.672. The van der Waals surface area contributed by atoms with Crippen LogP contribution in [0.5, 0.6) is 0 Å². The largest absolute Gasteiger partial charge is 0.395 e. The first-order chi connectivity index (χ1) is 9.21. The van der Waals surface area contributed by atoms with Crippen molar-refractivity contribution >= 4 is 6.08 Å². The number of aryl methyl sites for hydroxylation is 1. The van der Waals surface area contributed by atoms with E-state index in [0.29, 0.717) is 0 Å². The van der Waals surface area contributed by atoms with Crippen LogP contribution in [0.1, 0.15) is 30.9 Å². The molecule has 0 radical (unpaired) electrons. The Bertz CT molecular complexity index is 369. The van der Waals surface area contributed by atoms with Gasteiger partial charge in [-0.15, -0.1) is 0 Å². The van der Waals surface area contributed by atoms with E-state index in [1.165, 1.54) is 18.4 Å². The zero-order valence-electron chi connectivity index (χ0n) is 11.8. The average Bonchev–Trinajstić information content (AvgIpc) is 2.45. The van der Waals surface area contributed by atoms with Crippen molar-refractivity contribution < 1.29 is 10.2 Å². The minimum Gasteiger partial charge on any atom is -0.395 e. The van der Waals surface area contributed by atoms with Crippen molar-refractivity contribution in [2.75, 3.05) is 13.7 Å². The van der Waals surface area contributed by atoms with Crippen molar-refractivity contribution in [2.24, 2.45) is 0 Å². The Balaban J connectivity index is 2.56. The molecule has 0 unspecified atom stereocenters. The normalized spacial score (nSPS) is 14.7. The highest BCUT2D eigenvalue weighted by Crippen LogP contribution is 2.10. The smallest absolute Gasteiger partial charge is 0.0899 e. The molecule has 3 heteroatoms. The number of hydrogen-bond acceptors (Lipinski definition) is 3. The fourth-order valence-corrected chi connectivity index (χ4v) is 1.89. The number of likely N-dealkylation sites (N-methyl/N-ethyl adjacent to an activating group) is 1. The van der Waals surface area contributed by atoms with Gasteiger partial charge in [-0.25, -0.2) is 0 Å². The summed E-state index contributed by atoms with van der Waals surface area (Å²) < 4.78 is 0. The van der Waals surface area contributed by atoms with Crippen LogP contribution < -0.4 is 5.32 Å². The first-order valence-corrected chi connectivity index (χ1v) is 6.94. The standard InChI is InChI=1S/C16H25NO2/c1-3-4-5-13-6-8-14(9-7-13)10-11-16(19)15(12-18)17-2/h6-11,15-19H,3-5,12H2,1-2H3/b11-10+/t15-,16+/m1/s1. The van der Waals surface area contributed by atoms with E-state index < -0.39 is 6.10 Å². The van der Waals surface area contributed by atoms with Gasteiger partial charge in [0, 0.05) is 0 Å². The van der Waals surface area contributed by atoms with Gasteiger partial charge in [0.2, 0.25) is 0 Å². The van der Waals surface area contributed by atoms with Crippen LogP contribution in [0.25, 0.3) is 6.08 Å². The second-order valence-electron chi connectivity index (χ2n) is 4.77. The summed E-state index contributed by atoms with van der Waals surface area (Å²) in [6.07, 6.45) is 6.45. The van der Waals surface area contributed by atoms with Crippen molar-refractivity contribution in [3.8, 4) is 0 Å². The van der Waals surface area contributed by atoms with Crippen molar-refractivity contribution in [3.63, 3.8) is 0 Å². The van der Waals surface area contributed by atoms with E-state index >= 15 is 0 Å². The van der Waals surface area contributed by atoms with Gasteiger partial charge >= 0.3 is 0 Å². The van der Waals surface area contributed by atoms with Crippen LogP contribution in [-0.2, 0) is 6.42 Å². The van der Waals surface area contributed by atoms with Crippen molar-refractivity contribution in [2.45, 2.75) is 38.3 Å². The van der Waals surface area contributed by atoms with Gasteiger partial charge in [0.1, 0.15) is 0 Å². The molecular weight excluding hydrogens is 238 g/mol. The molecule has 3 N–H and O–H groups in total. The van der Waals surface area contributed by atoms with Crippen LogP contribution in [0.4, 0.5) is 0 Å². The van der Waals surface area contributed by atoms with Gasteiger partial charge in [0.25, 0.3) is 0 Å². The SMILES string of the molecule is CCCCc1ccc(/C=C/[C@H](O)[C@@H](CO)NC)cc1. The highest BCUT2D eigenvalue weighted by Gasteiger charge is 2.12. The van der Waals surface area contributed by atoms with E-state index in [2.05, 4.69) is 36.5 Å². The Morgan fingerprint density at radius 1 is 1.26 bits per heavy atom. The zero-order valence-corrected chi connectivity index (χ0v) is 11.8. The third kappa shape index (κ3) is 5.55. The molecule has 1 aromatic carbocycles. The molecule has 0 fully saturated rings. The predicted molar refractivity (Wildman–Crippen MR) is 80.0 cm³/mol. The van der Waals surface area contributed by atoms with Crippen LogP contribution in [0.2, 0.25) is 0 Å². The molecule has 0 heterocycles. The minimum atomic E-state index is -0.685.